The van der Waals surface area contributed by atoms with E-state index in [-0.39, 0.29) is 10.8 Å². The zero-order valence-corrected chi connectivity index (χ0v) is 35.1. The number of benzene rings is 8. The standard InChI is InChI=1S/C57H54N2/c1-55(2,3)45-33-35-53(51(39-45)41-21-11-7-12-22-41)58-49-31-19-29-47(37-49)57(43-25-15-9-16-26-43,44-27-17-10-18-28-44)48-30-20-32-50(38-48)59-54-36-34-46(56(4,5)6)40-52(54)42-23-13-8-14-24-42/h7-40,58-59H,1-6H3. The van der Waals surface area contributed by atoms with Gasteiger partial charge in [-0.15, -0.1) is 0 Å². The van der Waals surface area contributed by atoms with Crippen LogP contribution >= 0.6 is 0 Å². The van der Waals surface area contributed by atoms with Gasteiger partial charge in [-0.3, -0.25) is 0 Å². The second kappa shape index (κ2) is 16.3. The van der Waals surface area contributed by atoms with Gasteiger partial charge in [0, 0.05) is 33.9 Å². The smallest absolute Gasteiger partial charge is 0.0703 e. The third kappa shape index (κ3) is 8.22. The Balaban J connectivity index is 1.28. The van der Waals surface area contributed by atoms with E-state index in [1.54, 1.807) is 0 Å². The van der Waals surface area contributed by atoms with E-state index in [1.165, 1.54) is 55.6 Å². The highest BCUT2D eigenvalue weighted by atomic mass is 14.9. The van der Waals surface area contributed by atoms with E-state index >= 15 is 0 Å². The predicted octanol–water partition coefficient (Wildman–Crippen LogP) is 15.5. The average Bonchev–Trinajstić information content (AvgIpc) is 3.25. The van der Waals surface area contributed by atoms with Crippen LogP contribution in [0.25, 0.3) is 22.3 Å². The fraction of sp³-hybridized carbons (Fsp3) is 0.158. The molecule has 0 saturated heterocycles. The molecule has 0 spiro atoms. The predicted molar refractivity (Wildman–Crippen MR) is 252 cm³/mol. The maximum Gasteiger partial charge on any atom is 0.0703 e. The van der Waals surface area contributed by atoms with E-state index in [0.717, 1.165) is 22.7 Å². The molecule has 0 aliphatic rings. The van der Waals surface area contributed by atoms with Gasteiger partial charge < -0.3 is 10.6 Å². The molecular weight excluding hydrogens is 713 g/mol. The molecule has 8 aromatic carbocycles. The van der Waals surface area contributed by atoms with Gasteiger partial charge in [-0.25, -0.2) is 0 Å². The van der Waals surface area contributed by atoms with Crippen LogP contribution in [-0.4, -0.2) is 0 Å². The zero-order chi connectivity index (χ0) is 41.0. The van der Waals surface area contributed by atoms with Crippen molar-refractivity contribution < 1.29 is 0 Å². The van der Waals surface area contributed by atoms with E-state index in [9.17, 15) is 0 Å². The molecule has 8 aromatic rings. The summed E-state index contributed by atoms with van der Waals surface area (Å²) in [6, 6.07) is 75.0. The molecule has 0 bridgehead atoms. The second-order valence-electron chi connectivity index (χ2n) is 17.6. The first-order chi connectivity index (χ1) is 28.5. The van der Waals surface area contributed by atoms with Gasteiger partial charge >= 0.3 is 0 Å². The minimum Gasteiger partial charge on any atom is -0.355 e. The zero-order valence-electron chi connectivity index (χ0n) is 35.1. The highest BCUT2D eigenvalue weighted by Crippen LogP contribution is 2.47. The van der Waals surface area contributed by atoms with Gasteiger partial charge in [0.25, 0.3) is 0 Å². The Morgan fingerprint density at radius 1 is 0.288 bits per heavy atom. The molecule has 0 fully saturated rings. The maximum absolute atomic E-state index is 3.89. The molecule has 0 atom stereocenters. The molecule has 0 unspecified atom stereocenters. The number of anilines is 4. The third-order valence-electron chi connectivity index (χ3n) is 11.5. The molecule has 59 heavy (non-hydrogen) atoms. The highest BCUT2D eigenvalue weighted by molar-refractivity contribution is 5.84. The van der Waals surface area contributed by atoms with Crippen LogP contribution in [-0.2, 0) is 16.2 Å². The van der Waals surface area contributed by atoms with Crippen molar-refractivity contribution in [2.45, 2.75) is 57.8 Å². The van der Waals surface area contributed by atoms with Crippen molar-refractivity contribution in [2.75, 3.05) is 10.6 Å². The Kier molecular flexibility index (Phi) is 10.8. The Bertz CT molecular complexity index is 2460. The Morgan fingerprint density at radius 2 is 0.627 bits per heavy atom. The Morgan fingerprint density at radius 3 is 0.983 bits per heavy atom. The molecule has 2 nitrogen and oxygen atoms in total. The lowest BCUT2D eigenvalue weighted by Crippen LogP contribution is -2.31. The number of nitrogens with one attached hydrogen (secondary N) is 2. The SMILES string of the molecule is CC(C)(C)c1ccc(Nc2cccc(C(c3ccccc3)(c3ccccc3)c3cccc(Nc4ccc(C(C)(C)C)cc4-c4ccccc4)c3)c2)c(-c2ccccc2)c1. The number of hydrogen-bond acceptors (Lipinski definition) is 2. The van der Waals surface area contributed by atoms with Gasteiger partial charge in [-0.05, 0) is 104 Å². The largest absolute Gasteiger partial charge is 0.355 e. The molecule has 292 valence electrons. The van der Waals surface area contributed by atoms with E-state index in [2.05, 4.69) is 258 Å². The number of rotatable bonds is 10. The quantitative estimate of drug-likeness (QED) is 0.135. The first kappa shape index (κ1) is 39.2. The van der Waals surface area contributed by atoms with E-state index < -0.39 is 5.41 Å². The Labute approximate surface area is 351 Å². The van der Waals surface area contributed by atoms with E-state index in [4.69, 9.17) is 0 Å². The summed E-state index contributed by atoms with van der Waals surface area (Å²) in [5, 5.41) is 7.77. The van der Waals surface area contributed by atoms with Crippen molar-refractivity contribution in [1.82, 2.24) is 0 Å². The lowest BCUT2D eigenvalue weighted by Gasteiger charge is -2.37. The average molecular weight is 767 g/mol. The monoisotopic (exact) mass is 766 g/mol. The van der Waals surface area contributed by atoms with Crippen molar-refractivity contribution in [1.29, 1.82) is 0 Å². The number of hydrogen-bond donors (Lipinski definition) is 2. The molecule has 0 amide bonds. The van der Waals surface area contributed by atoms with E-state index in [0.29, 0.717) is 0 Å². The van der Waals surface area contributed by atoms with Gasteiger partial charge in [0.15, 0.2) is 0 Å². The minimum absolute atomic E-state index is 0.0231. The lowest BCUT2D eigenvalue weighted by molar-refractivity contribution is 0.590. The van der Waals surface area contributed by atoms with Crippen LogP contribution in [0, 0.1) is 0 Å². The maximum atomic E-state index is 3.89. The Hall–Kier alpha value is -6.64. The molecule has 2 N–H and O–H groups in total. The van der Waals surface area contributed by atoms with Crippen molar-refractivity contribution >= 4 is 22.7 Å². The van der Waals surface area contributed by atoms with Crippen LogP contribution in [0.15, 0.2) is 206 Å². The van der Waals surface area contributed by atoms with Crippen LogP contribution in [0.3, 0.4) is 0 Å². The topological polar surface area (TPSA) is 24.1 Å². The summed E-state index contributed by atoms with van der Waals surface area (Å²) in [4.78, 5) is 0. The fourth-order valence-electron chi connectivity index (χ4n) is 8.30. The summed E-state index contributed by atoms with van der Waals surface area (Å²) in [7, 11) is 0. The summed E-state index contributed by atoms with van der Waals surface area (Å²) in [6.07, 6.45) is 0. The van der Waals surface area contributed by atoms with Gasteiger partial charge in [0.1, 0.15) is 0 Å². The molecule has 0 aliphatic carbocycles. The fourth-order valence-corrected chi connectivity index (χ4v) is 8.30. The molecule has 0 aromatic heterocycles. The van der Waals surface area contributed by atoms with Crippen molar-refractivity contribution in [3.05, 3.63) is 240 Å². The lowest BCUT2D eigenvalue weighted by atomic mass is 9.65. The molecule has 8 rings (SSSR count). The van der Waals surface area contributed by atoms with Crippen molar-refractivity contribution in [3.63, 3.8) is 0 Å². The van der Waals surface area contributed by atoms with Gasteiger partial charge in [0.2, 0.25) is 0 Å². The molecule has 0 aliphatic heterocycles. The minimum atomic E-state index is -0.644. The van der Waals surface area contributed by atoms with Gasteiger partial charge in [-0.2, -0.15) is 0 Å². The summed E-state index contributed by atoms with van der Waals surface area (Å²) in [5.41, 5.74) is 15.7. The highest BCUT2D eigenvalue weighted by Gasteiger charge is 2.39. The summed E-state index contributed by atoms with van der Waals surface area (Å²) in [5.74, 6) is 0. The first-order valence-corrected chi connectivity index (χ1v) is 20.8. The van der Waals surface area contributed by atoms with Gasteiger partial charge in [0.05, 0.1) is 5.41 Å². The molecule has 2 heteroatoms. The van der Waals surface area contributed by atoms with Crippen molar-refractivity contribution in [3.8, 4) is 22.3 Å². The molecule has 0 heterocycles. The molecule has 0 saturated carbocycles. The van der Waals surface area contributed by atoms with Crippen LogP contribution in [0.5, 0.6) is 0 Å². The van der Waals surface area contributed by atoms with E-state index in [1.807, 2.05) is 0 Å². The van der Waals surface area contributed by atoms with Crippen LogP contribution < -0.4 is 10.6 Å². The normalized spacial score (nSPS) is 11.9. The summed E-state index contributed by atoms with van der Waals surface area (Å²) >= 11 is 0. The molecule has 0 radical (unpaired) electrons. The van der Waals surface area contributed by atoms with Crippen LogP contribution in [0.4, 0.5) is 22.7 Å². The second-order valence-corrected chi connectivity index (χ2v) is 17.6. The van der Waals surface area contributed by atoms with Crippen LogP contribution in [0.2, 0.25) is 0 Å². The van der Waals surface area contributed by atoms with Crippen LogP contribution in [0.1, 0.15) is 74.9 Å². The summed E-state index contributed by atoms with van der Waals surface area (Å²) in [6.45, 7) is 13.6. The van der Waals surface area contributed by atoms with Crippen molar-refractivity contribution in [2.24, 2.45) is 0 Å². The summed E-state index contributed by atoms with van der Waals surface area (Å²) < 4.78 is 0. The van der Waals surface area contributed by atoms with Gasteiger partial charge in [-0.1, -0.05) is 199 Å². The third-order valence-corrected chi connectivity index (χ3v) is 11.5. The first-order valence-electron chi connectivity index (χ1n) is 20.8. The molecular formula is C57H54N2.